The van der Waals surface area contributed by atoms with E-state index >= 15 is 0 Å². The van der Waals surface area contributed by atoms with E-state index in [4.69, 9.17) is 9.47 Å². The molecular weight excluding hydrogens is 416 g/mol. The van der Waals surface area contributed by atoms with Gasteiger partial charge in [0.15, 0.2) is 11.5 Å². The summed E-state index contributed by atoms with van der Waals surface area (Å²) in [5.41, 5.74) is 1.99. The van der Waals surface area contributed by atoms with Crippen molar-refractivity contribution in [2.45, 2.75) is 70.5 Å². The van der Waals surface area contributed by atoms with Gasteiger partial charge in [0.2, 0.25) is 11.8 Å². The fourth-order valence-electron chi connectivity index (χ4n) is 4.36. The largest absolute Gasteiger partial charge is 0.493 e. The Kier molecular flexibility index (Phi) is 9.16. The summed E-state index contributed by atoms with van der Waals surface area (Å²) in [4.78, 5) is 28.1. The van der Waals surface area contributed by atoms with Crippen molar-refractivity contribution in [1.82, 2.24) is 10.2 Å². The van der Waals surface area contributed by atoms with Gasteiger partial charge in [-0.3, -0.25) is 9.59 Å². The number of methoxy groups -OCH3 is 2. The van der Waals surface area contributed by atoms with E-state index in [9.17, 15) is 9.59 Å². The molecule has 0 aromatic heterocycles. The van der Waals surface area contributed by atoms with Crippen LogP contribution in [0.4, 0.5) is 0 Å². The summed E-state index contributed by atoms with van der Waals surface area (Å²) < 4.78 is 10.7. The number of nitrogens with zero attached hydrogens (tertiary/aromatic N) is 1. The highest BCUT2D eigenvalue weighted by Crippen LogP contribution is 2.28. The summed E-state index contributed by atoms with van der Waals surface area (Å²) in [6.07, 6.45) is 6.44. The average molecular weight is 453 g/mol. The zero-order chi connectivity index (χ0) is 23.6. The normalized spacial score (nSPS) is 14.9. The van der Waals surface area contributed by atoms with E-state index in [2.05, 4.69) is 5.32 Å². The minimum Gasteiger partial charge on any atom is -0.493 e. The highest BCUT2D eigenvalue weighted by atomic mass is 16.5. The smallest absolute Gasteiger partial charge is 0.242 e. The van der Waals surface area contributed by atoms with Gasteiger partial charge in [0.05, 0.1) is 14.2 Å². The van der Waals surface area contributed by atoms with Crippen LogP contribution in [0.2, 0.25) is 0 Å². The Morgan fingerprint density at radius 1 is 0.970 bits per heavy atom. The van der Waals surface area contributed by atoms with E-state index in [0.717, 1.165) is 36.8 Å². The monoisotopic (exact) mass is 452 g/mol. The van der Waals surface area contributed by atoms with Gasteiger partial charge in [-0.25, -0.2) is 0 Å². The summed E-state index contributed by atoms with van der Waals surface area (Å²) in [5, 5.41) is 3.18. The summed E-state index contributed by atoms with van der Waals surface area (Å²) >= 11 is 0. The Labute approximate surface area is 197 Å². The lowest BCUT2D eigenvalue weighted by atomic mass is 9.95. The lowest BCUT2D eigenvalue weighted by Crippen LogP contribution is -2.50. The maximum Gasteiger partial charge on any atom is 0.242 e. The number of hydrogen-bond donors (Lipinski definition) is 1. The molecule has 0 heterocycles. The highest BCUT2D eigenvalue weighted by Gasteiger charge is 2.28. The quantitative estimate of drug-likeness (QED) is 0.576. The summed E-state index contributed by atoms with van der Waals surface area (Å²) in [5.74, 6) is 1.19. The molecule has 6 nitrogen and oxygen atoms in total. The van der Waals surface area contributed by atoms with Gasteiger partial charge in [0, 0.05) is 19.0 Å². The van der Waals surface area contributed by atoms with Crippen molar-refractivity contribution in [2.75, 3.05) is 14.2 Å². The number of ether oxygens (including phenoxy) is 2. The molecule has 1 aliphatic rings. The molecule has 2 aromatic rings. The second-order valence-corrected chi connectivity index (χ2v) is 8.72. The van der Waals surface area contributed by atoms with Gasteiger partial charge in [-0.2, -0.15) is 0 Å². The minimum atomic E-state index is -0.537. The molecule has 178 valence electrons. The molecule has 0 radical (unpaired) electrons. The van der Waals surface area contributed by atoms with Crippen LogP contribution in [0.25, 0.3) is 0 Å². The van der Waals surface area contributed by atoms with Crippen molar-refractivity contribution in [3.63, 3.8) is 0 Å². The summed E-state index contributed by atoms with van der Waals surface area (Å²) in [7, 11) is 3.20. The molecule has 0 unspecified atom stereocenters. The molecule has 1 saturated carbocycles. The van der Waals surface area contributed by atoms with Crippen LogP contribution in [-0.4, -0.2) is 43.0 Å². The molecule has 0 bridgehead atoms. The Bertz CT molecular complexity index is 910. The van der Waals surface area contributed by atoms with Crippen molar-refractivity contribution >= 4 is 11.8 Å². The minimum absolute atomic E-state index is 0.0417. The van der Waals surface area contributed by atoms with Gasteiger partial charge in [-0.1, -0.05) is 55.7 Å². The Hall–Kier alpha value is -3.02. The molecule has 1 aliphatic carbocycles. The lowest BCUT2D eigenvalue weighted by molar-refractivity contribution is -0.141. The fraction of sp³-hybridized carbons (Fsp3) is 0.481. The SMILES string of the molecule is COc1ccc(CCC(=O)N(Cc2ccccc2)[C@@H](C)C(=O)NC2CCCCC2)cc1OC. The lowest BCUT2D eigenvalue weighted by Gasteiger charge is -2.31. The maximum atomic E-state index is 13.3. The third-order valence-corrected chi connectivity index (χ3v) is 6.39. The molecule has 0 spiro atoms. The molecule has 33 heavy (non-hydrogen) atoms. The van der Waals surface area contributed by atoms with Gasteiger partial charge in [-0.15, -0.1) is 0 Å². The topological polar surface area (TPSA) is 67.9 Å². The molecule has 2 amide bonds. The number of amides is 2. The van der Waals surface area contributed by atoms with Crippen LogP contribution in [0.1, 0.15) is 56.6 Å². The molecule has 1 N–H and O–H groups in total. The van der Waals surface area contributed by atoms with Gasteiger partial charge in [0.1, 0.15) is 6.04 Å². The zero-order valence-electron chi connectivity index (χ0n) is 20.0. The Balaban J connectivity index is 1.69. The maximum absolute atomic E-state index is 13.3. The molecule has 0 saturated heterocycles. The Morgan fingerprint density at radius 3 is 2.33 bits per heavy atom. The summed E-state index contributed by atoms with van der Waals surface area (Å²) in [6.45, 7) is 2.24. The average Bonchev–Trinajstić information content (AvgIpc) is 2.86. The van der Waals surface area contributed by atoms with Gasteiger partial charge in [0.25, 0.3) is 0 Å². The first-order valence-corrected chi connectivity index (χ1v) is 11.9. The van der Waals surface area contributed by atoms with E-state index in [1.807, 2.05) is 55.5 Å². The van der Waals surface area contributed by atoms with E-state index in [0.29, 0.717) is 30.9 Å². The van der Waals surface area contributed by atoms with Crippen molar-refractivity contribution < 1.29 is 19.1 Å². The van der Waals surface area contributed by atoms with Crippen molar-refractivity contribution in [3.05, 3.63) is 59.7 Å². The number of hydrogen-bond acceptors (Lipinski definition) is 4. The first-order chi connectivity index (χ1) is 16.0. The van der Waals surface area contributed by atoms with E-state index < -0.39 is 6.04 Å². The molecule has 1 atom stereocenters. The molecule has 2 aromatic carbocycles. The fourth-order valence-corrected chi connectivity index (χ4v) is 4.36. The molecule has 6 heteroatoms. The number of aryl methyl sites for hydroxylation is 1. The number of benzene rings is 2. The van der Waals surface area contributed by atoms with Crippen LogP contribution < -0.4 is 14.8 Å². The van der Waals surface area contributed by atoms with Gasteiger partial charge >= 0.3 is 0 Å². The molecular formula is C27H36N2O4. The van der Waals surface area contributed by atoms with E-state index in [1.165, 1.54) is 6.42 Å². The van der Waals surface area contributed by atoms with Crippen LogP contribution in [-0.2, 0) is 22.6 Å². The first-order valence-electron chi connectivity index (χ1n) is 11.9. The number of nitrogens with one attached hydrogen (secondary N) is 1. The highest BCUT2D eigenvalue weighted by molar-refractivity contribution is 5.87. The predicted molar refractivity (Wildman–Crippen MR) is 129 cm³/mol. The van der Waals surface area contributed by atoms with Crippen molar-refractivity contribution in [2.24, 2.45) is 0 Å². The molecule has 3 rings (SSSR count). The number of carbonyl (C=O) groups excluding carboxylic acids is 2. The Morgan fingerprint density at radius 2 is 1.67 bits per heavy atom. The van der Waals surface area contributed by atoms with Crippen LogP contribution in [0, 0.1) is 0 Å². The number of rotatable bonds is 10. The van der Waals surface area contributed by atoms with E-state index in [1.54, 1.807) is 19.1 Å². The number of carbonyl (C=O) groups is 2. The summed E-state index contributed by atoms with van der Waals surface area (Å²) in [6, 6.07) is 15.2. The first kappa shape index (κ1) is 24.6. The molecule has 1 fully saturated rings. The third-order valence-electron chi connectivity index (χ3n) is 6.39. The van der Waals surface area contributed by atoms with Crippen LogP contribution in [0.5, 0.6) is 11.5 Å². The van der Waals surface area contributed by atoms with E-state index in [-0.39, 0.29) is 17.9 Å². The third kappa shape index (κ3) is 6.98. The van der Waals surface area contributed by atoms with Gasteiger partial charge < -0.3 is 19.7 Å². The molecule has 0 aliphatic heterocycles. The second kappa shape index (κ2) is 12.3. The van der Waals surface area contributed by atoms with Gasteiger partial charge in [-0.05, 0) is 49.4 Å². The standard InChI is InChI=1S/C27H36N2O4/c1-20(27(31)28-23-12-8-5-9-13-23)29(19-22-10-6-4-7-11-22)26(30)17-15-21-14-16-24(32-2)25(18-21)33-3/h4,6-7,10-11,14,16,18,20,23H,5,8-9,12-13,15,17,19H2,1-3H3,(H,28,31)/t20-/m0/s1. The zero-order valence-corrected chi connectivity index (χ0v) is 20.0. The van der Waals surface area contributed by atoms with Crippen LogP contribution >= 0.6 is 0 Å². The second-order valence-electron chi connectivity index (χ2n) is 8.72. The van der Waals surface area contributed by atoms with Crippen molar-refractivity contribution in [1.29, 1.82) is 0 Å². The predicted octanol–water partition coefficient (Wildman–Crippen LogP) is 4.50. The van der Waals surface area contributed by atoms with Crippen molar-refractivity contribution in [3.8, 4) is 11.5 Å². The van der Waals surface area contributed by atoms with Crippen LogP contribution in [0.3, 0.4) is 0 Å². The van der Waals surface area contributed by atoms with Crippen LogP contribution in [0.15, 0.2) is 48.5 Å².